The lowest BCUT2D eigenvalue weighted by molar-refractivity contribution is 0.0534. The first-order valence-corrected chi connectivity index (χ1v) is 7.06. The van der Waals surface area contributed by atoms with E-state index >= 15 is 0 Å². The molecule has 1 aliphatic carbocycles. The molecule has 1 aliphatic rings. The number of hydrogen-bond acceptors (Lipinski definition) is 2. The standard InChI is InChI=1S/C14H19Cl2NO/c1-17-12(14(18-2)9-6-7-9)8-10-4-3-5-11(15)13(10)16/h3-5,9,12,14,17H,6-8H2,1-2H3. The third-order valence-corrected chi connectivity index (χ3v) is 4.46. The number of halogens is 2. The van der Waals surface area contributed by atoms with Crippen LogP contribution in [-0.4, -0.2) is 26.3 Å². The van der Waals surface area contributed by atoms with E-state index in [1.54, 1.807) is 7.11 Å². The number of ether oxygens (including phenoxy) is 1. The third kappa shape index (κ3) is 3.18. The molecule has 2 atom stereocenters. The summed E-state index contributed by atoms with van der Waals surface area (Å²) in [6.07, 6.45) is 3.62. The highest BCUT2D eigenvalue weighted by molar-refractivity contribution is 6.42. The van der Waals surface area contributed by atoms with Crippen LogP contribution in [0.4, 0.5) is 0 Å². The van der Waals surface area contributed by atoms with E-state index in [9.17, 15) is 0 Å². The molecule has 0 heterocycles. The first-order valence-electron chi connectivity index (χ1n) is 6.30. The van der Waals surface area contributed by atoms with Crippen LogP contribution in [0.2, 0.25) is 10.0 Å². The van der Waals surface area contributed by atoms with Gasteiger partial charge in [0.2, 0.25) is 0 Å². The van der Waals surface area contributed by atoms with Gasteiger partial charge in [0.1, 0.15) is 0 Å². The molecule has 18 heavy (non-hydrogen) atoms. The molecule has 0 aliphatic heterocycles. The van der Waals surface area contributed by atoms with Gasteiger partial charge in [0.25, 0.3) is 0 Å². The molecule has 0 saturated heterocycles. The van der Waals surface area contributed by atoms with Crippen LogP contribution in [0.25, 0.3) is 0 Å². The molecule has 1 fully saturated rings. The normalized spacial score (nSPS) is 18.7. The zero-order valence-electron chi connectivity index (χ0n) is 10.7. The van der Waals surface area contributed by atoms with Gasteiger partial charge in [-0.15, -0.1) is 0 Å². The minimum Gasteiger partial charge on any atom is -0.380 e. The first-order chi connectivity index (χ1) is 8.67. The van der Waals surface area contributed by atoms with Crippen molar-refractivity contribution in [3.05, 3.63) is 33.8 Å². The van der Waals surface area contributed by atoms with Gasteiger partial charge >= 0.3 is 0 Å². The highest BCUT2D eigenvalue weighted by Crippen LogP contribution is 2.37. The lowest BCUT2D eigenvalue weighted by Gasteiger charge is -2.26. The molecule has 2 rings (SSSR count). The van der Waals surface area contributed by atoms with Crippen molar-refractivity contribution in [2.75, 3.05) is 14.2 Å². The van der Waals surface area contributed by atoms with Crippen molar-refractivity contribution >= 4 is 23.2 Å². The van der Waals surface area contributed by atoms with Gasteiger partial charge in [0, 0.05) is 13.2 Å². The van der Waals surface area contributed by atoms with Crippen molar-refractivity contribution in [2.45, 2.75) is 31.4 Å². The van der Waals surface area contributed by atoms with E-state index in [0.717, 1.165) is 12.0 Å². The van der Waals surface area contributed by atoms with Gasteiger partial charge in [-0.05, 0) is 43.9 Å². The van der Waals surface area contributed by atoms with Crippen LogP contribution in [0.1, 0.15) is 18.4 Å². The first kappa shape index (κ1) is 14.1. The molecule has 0 bridgehead atoms. The summed E-state index contributed by atoms with van der Waals surface area (Å²) >= 11 is 12.3. The Morgan fingerprint density at radius 2 is 2.11 bits per heavy atom. The molecule has 0 amide bonds. The summed E-state index contributed by atoms with van der Waals surface area (Å²) in [6, 6.07) is 6.06. The van der Waals surface area contributed by atoms with Gasteiger partial charge in [-0.2, -0.15) is 0 Å². The van der Waals surface area contributed by atoms with Gasteiger partial charge < -0.3 is 10.1 Å². The molecule has 0 aromatic heterocycles. The lowest BCUT2D eigenvalue weighted by atomic mass is 9.98. The van der Waals surface area contributed by atoms with E-state index in [2.05, 4.69) is 5.32 Å². The van der Waals surface area contributed by atoms with Crippen LogP contribution >= 0.6 is 23.2 Å². The minimum atomic E-state index is 0.255. The van der Waals surface area contributed by atoms with E-state index < -0.39 is 0 Å². The zero-order valence-corrected chi connectivity index (χ0v) is 12.3. The summed E-state index contributed by atoms with van der Waals surface area (Å²) in [7, 11) is 3.75. The molecule has 1 aromatic rings. The number of hydrogen-bond donors (Lipinski definition) is 1. The maximum atomic E-state index is 6.24. The smallest absolute Gasteiger partial charge is 0.0755 e. The largest absolute Gasteiger partial charge is 0.380 e. The lowest BCUT2D eigenvalue weighted by Crippen LogP contribution is -2.42. The van der Waals surface area contributed by atoms with E-state index in [1.807, 2.05) is 25.2 Å². The highest BCUT2D eigenvalue weighted by atomic mass is 35.5. The third-order valence-electron chi connectivity index (χ3n) is 3.60. The summed E-state index contributed by atoms with van der Waals surface area (Å²) in [5, 5.41) is 4.62. The number of nitrogens with one attached hydrogen (secondary N) is 1. The number of likely N-dealkylation sites (N-methyl/N-ethyl adjacent to an activating group) is 1. The quantitative estimate of drug-likeness (QED) is 0.864. The van der Waals surface area contributed by atoms with Crippen molar-refractivity contribution in [1.29, 1.82) is 0 Å². The van der Waals surface area contributed by atoms with E-state index in [0.29, 0.717) is 16.0 Å². The predicted octanol–water partition coefficient (Wildman–Crippen LogP) is 3.55. The Balaban J connectivity index is 2.11. The van der Waals surface area contributed by atoms with Crippen LogP contribution in [0.5, 0.6) is 0 Å². The Labute approximate surface area is 119 Å². The molecule has 1 saturated carbocycles. The molecule has 2 nitrogen and oxygen atoms in total. The predicted molar refractivity (Wildman–Crippen MR) is 76.5 cm³/mol. The van der Waals surface area contributed by atoms with Crippen LogP contribution in [0.15, 0.2) is 18.2 Å². The Morgan fingerprint density at radius 3 is 2.67 bits per heavy atom. The molecule has 2 unspecified atom stereocenters. The van der Waals surface area contributed by atoms with Gasteiger partial charge in [-0.1, -0.05) is 35.3 Å². The monoisotopic (exact) mass is 287 g/mol. The Bertz CT molecular complexity index is 407. The SMILES string of the molecule is CNC(Cc1cccc(Cl)c1Cl)C(OC)C1CC1. The second kappa shape index (κ2) is 6.25. The minimum absolute atomic E-state index is 0.255. The van der Waals surface area contributed by atoms with Gasteiger partial charge in [0.05, 0.1) is 16.1 Å². The van der Waals surface area contributed by atoms with Gasteiger partial charge in [0.15, 0.2) is 0 Å². The molecular weight excluding hydrogens is 269 g/mol. The van der Waals surface area contributed by atoms with E-state index in [4.69, 9.17) is 27.9 Å². The van der Waals surface area contributed by atoms with Crippen molar-refractivity contribution < 1.29 is 4.74 Å². The molecule has 4 heteroatoms. The van der Waals surface area contributed by atoms with Crippen LogP contribution < -0.4 is 5.32 Å². The second-order valence-electron chi connectivity index (χ2n) is 4.85. The molecular formula is C14H19Cl2NO. The Hall–Kier alpha value is -0.280. The summed E-state index contributed by atoms with van der Waals surface area (Å²) in [4.78, 5) is 0. The second-order valence-corrected chi connectivity index (χ2v) is 5.64. The summed E-state index contributed by atoms with van der Waals surface area (Å²) in [5.41, 5.74) is 1.08. The zero-order chi connectivity index (χ0) is 13.1. The Morgan fingerprint density at radius 1 is 1.39 bits per heavy atom. The number of methoxy groups -OCH3 is 1. The highest BCUT2D eigenvalue weighted by Gasteiger charge is 2.36. The summed E-state index contributed by atoms with van der Waals surface area (Å²) in [5.74, 6) is 0.686. The maximum absolute atomic E-state index is 6.24. The average molecular weight is 288 g/mol. The molecule has 1 aromatic carbocycles. The van der Waals surface area contributed by atoms with Crippen LogP contribution in [0, 0.1) is 5.92 Å². The van der Waals surface area contributed by atoms with Gasteiger partial charge in [-0.25, -0.2) is 0 Å². The summed E-state index contributed by atoms with van der Waals surface area (Å²) in [6.45, 7) is 0. The van der Waals surface area contributed by atoms with Crippen molar-refractivity contribution in [2.24, 2.45) is 5.92 Å². The van der Waals surface area contributed by atoms with E-state index in [1.165, 1.54) is 12.8 Å². The number of rotatable bonds is 6. The fourth-order valence-electron chi connectivity index (χ4n) is 2.44. The Kier molecular flexibility index (Phi) is 4.91. The molecule has 0 radical (unpaired) electrons. The number of benzene rings is 1. The average Bonchev–Trinajstić information content (AvgIpc) is 3.18. The fraction of sp³-hybridized carbons (Fsp3) is 0.571. The van der Waals surface area contributed by atoms with Crippen LogP contribution in [-0.2, 0) is 11.2 Å². The van der Waals surface area contributed by atoms with Gasteiger partial charge in [-0.3, -0.25) is 0 Å². The summed E-state index contributed by atoms with van der Waals surface area (Å²) < 4.78 is 5.63. The van der Waals surface area contributed by atoms with Crippen LogP contribution in [0.3, 0.4) is 0 Å². The fourth-order valence-corrected chi connectivity index (χ4v) is 2.83. The maximum Gasteiger partial charge on any atom is 0.0755 e. The molecule has 1 N–H and O–H groups in total. The molecule has 0 spiro atoms. The van der Waals surface area contributed by atoms with Crippen molar-refractivity contribution in [3.8, 4) is 0 Å². The van der Waals surface area contributed by atoms with E-state index in [-0.39, 0.29) is 12.1 Å². The van der Waals surface area contributed by atoms with Crippen molar-refractivity contribution in [1.82, 2.24) is 5.32 Å². The topological polar surface area (TPSA) is 21.3 Å². The van der Waals surface area contributed by atoms with Crippen molar-refractivity contribution in [3.63, 3.8) is 0 Å². The molecule has 100 valence electrons.